The standard InChI is InChI=1S/C17H16F2N6O2S2/c1-9-13(14-20-4-6-25(14)15(18)19)29-16(21-9)23-11(26)7-10-8-28-17(22-10)24-5-2-3-12(24)27/h4,6,8,15H,2-3,5,7H2,1H3,(H,21,23,26). The molecule has 0 atom stereocenters. The Labute approximate surface area is 172 Å². The van der Waals surface area contributed by atoms with Gasteiger partial charge in [-0.15, -0.1) is 11.3 Å². The second-order valence-corrected chi connectivity index (χ2v) is 8.20. The van der Waals surface area contributed by atoms with Crippen LogP contribution in [0.4, 0.5) is 19.0 Å². The van der Waals surface area contributed by atoms with Gasteiger partial charge in [0.2, 0.25) is 11.8 Å². The van der Waals surface area contributed by atoms with E-state index in [2.05, 4.69) is 20.3 Å². The molecule has 0 aromatic carbocycles. The minimum absolute atomic E-state index is 0.0259. The van der Waals surface area contributed by atoms with Gasteiger partial charge < -0.3 is 5.32 Å². The highest BCUT2D eigenvalue weighted by molar-refractivity contribution is 7.19. The summed E-state index contributed by atoms with van der Waals surface area (Å²) in [5, 5.41) is 5.33. The third kappa shape index (κ3) is 4.03. The Hall–Kier alpha value is -2.73. The first-order chi connectivity index (χ1) is 13.9. The molecule has 152 valence electrons. The summed E-state index contributed by atoms with van der Waals surface area (Å²) in [4.78, 5) is 38.8. The molecule has 4 heterocycles. The number of aryl methyl sites for hydroxylation is 1. The lowest BCUT2D eigenvalue weighted by atomic mass is 10.3. The van der Waals surface area contributed by atoms with Gasteiger partial charge in [-0.05, 0) is 13.3 Å². The van der Waals surface area contributed by atoms with Crippen LogP contribution in [0, 0.1) is 6.92 Å². The molecule has 2 amide bonds. The van der Waals surface area contributed by atoms with Crippen LogP contribution in [-0.4, -0.2) is 37.9 Å². The number of amides is 2. The van der Waals surface area contributed by atoms with Gasteiger partial charge in [0, 0.05) is 30.7 Å². The number of thiazole rings is 2. The molecule has 1 fully saturated rings. The van der Waals surface area contributed by atoms with Gasteiger partial charge in [-0.3, -0.25) is 19.1 Å². The number of carbonyl (C=O) groups excluding carboxylic acids is 2. The SMILES string of the molecule is Cc1nc(NC(=O)Cc2csc(N3CCCC3=O)n2)sc1-c1nccn1C(F)F. The molecule has 1 aliphatic heterocycles. The van der Waals surface area contributed by atoms with E-state index in [9.17, 15) is 18.4 Å². The van der Waals surface area contributed by atoms with Crippen molar-refractivity contribution >= 4 is 44.8 Å². The smallest absolute Gasteiger partial charge is 0.302 e. The molecule has 0 unspecified atom stereocenters. The van der Waals surface area contributed by atoms with Gasteiger partial charge in [-0.1, -0.05) is 11.3 Å². The summed E-state index contributed by atoms with van der Waals surface area (Å²) in [5.74, 6) is -0.176. The monoisotopic (exact) mass is 438 g/mol. The molecule has 8 nitrogen and oxygen atoms in total. The molecule has 12 heteroatoms. The molecular formula is C17H16F2N6O2S2. The highest BCUT2D eigenvalue weighted by atomic mass is 32.1. The minimum atomic E-state index is -2.71. The van der Waals surface area contributed by atoms with Crippen LogP contribution in [0.5, 0.6) is 0 Å². The van der Waals surface area contributed by atoms with Gasteiger partial charge in [0.1, 0.15) is 0 Å². The zero-order valence-electron chi connectivity index (χ0n) is 15.3. The average molecular weight is 438 g/mol. The maximum atomic E-state index is 13.1. The van der Waals surface area contributed by atoms with Gasteiger partial charge in [0.05, 0.1) is 22.7 Å². The van der Waals surface area contributed by atoms with Crippen LogP contribution in [0.3, 0.4) is 0 Å². The van der Waals surface area contributed by atoms with Crippen molar-refractivity contribution in [2.75, 3.05) is 16.8 Å². The number of alkyl halides is 2. The van der Waals surface area contributed by atoms with E-state index in [1.54, 1.807) is 17.2 Å². The average Bonchev–Trinajstić information content (AvgIpc) is 3.42. The normalized spacial score (nSPS) is 14.2. The van der Waals surface area contributed by atoms with Crippen molar-refractivity contribution in [3.05, 3.63) is 29.2 Å². The Morgan fingerprint density at radius 1 is 1.38 bits per heavy atom. The predicted molar refractivity (Wildman–Crippen MR) is 105 cm³/mol. The van der Waals surface area contributed by atoms with Crippen molar-refractivity contribution in [2.45, 2.75) is 32.7 Å². The largest absolute Gasteiger partial charge is 0.320 e. The fourth-order valence-electron chi connectivity index (χ4n) is 2.98. The van der Waals surface area contributed by atoms with Crippen LogP contribution in [0.25, 0.3) is 10.7 Å². The summed E-state index contributed by atoms with van der Waals surface area (Å²) >= 11 is 2.41. The molecule has 1 saturated heterocycles. The first-order valence-corrected chi connectivity index (χ1v) is 10.5. The van der Waals surface area contributed by atoms with Gasteiger partial charge in [-0.25, -0.2) is 15.0 Å². The second kappa shape index (κ2) is 7.95. The van der Waals surface area contributed by atoms with E-state index in [0.717, 1.165) is 22.3 Å². The summed E-state index contributed by atoms with van der Waals surface area (Å²) < 4.78 is 26.9. The van der Waals surface area contributed by atoms with Crippen LogP contribution in [-0.2, 0) is 16.0 Å². The lowest BCUT2D eigenvalue weighted by Gasteiger charge is -2.10. The minimum Gasteiger partial charge on any atom is -0.302 e. The summed E-state index contributed by atoms with van der Waals surface area (Å²) in [6, 6.07) is 0. The summed E-state index contributed by atoms with van der Waals surface area (Å²) in [5.41, 5.74) is 1.06. The van der Waals surface area contributed by atoms with E-state index in [4.69, 9.17) is 0 Å². The Morgan fingerprint density at radius 2 is 2.21 bits per heavy atom. The summed E-state index contributed by atoms with van der Waals surface area (Å²) in [7, 11) is 0. The number of nitrogens with zero attached hydrogens (tertiary/aromatic N) is 5. The fraction of sp³-hybridized carbons (Fsp3) is 0.353. The highest BCUT2D eigenvalue weighted by Gasteiger charge is 2.25. The Balaban J connectivity index is 1.44. The van der Waals surface area contributed by atoms with Crippen molar-refractivity contribution in [3.63, 3.8) is 0 Å². The third-order valence-electron chi connectivity index (χ3n) is 4.31. The quantitative estimate of drug-likeness (QED) is 0.636. The molecule has 4 rings (SSSR count). The maximum absolute atomic E-state index is 13.1. The van der Waals surface area contributed by atoms with Crippen molar-refractivity contribution in [2.24, 2.45) is 0 Å². The van der Waals surface area contributed by atoms with E-state index < -0.39 is 6.55 Å². The van der Waals surface area contributed by atoms with E-state index in [-0.39, 0.29) is 24.1 Å². The van der Waals surface area contributed by atoms with E-state index in [1.807, 2.05) is 0 Å². The molecule has 1 aliphatic rings. The van der Waals surface area contributed by atoms with Gasteiger partial charge in [0.15, 0.2) is 16.1 Å². The number of anilines is 2. The number of hydrogen-bond donors (Lipinski definition) is 1. The van der Waals surface area contributed by atoms with Crippen LogP contribution in [0.2, 0.25) is 0 Å². The lowest BCUT2D eigenvalue weighted by Crippen LogP contribution is -2.23. The van der Waals surface area contributed by atoms with Crippen molar-refractivity contribution in [3.8, 4) is 10.7 Å². The second-order valence-electron chi connectivity index (χ2n) is 6.36. The van der Waals surface area contributed by atoms with Gasteiger partial charge >= 0.3 is 6.55 Å². The van der Waals surface area contributed by atoms with Crippen LogP contribution in [0.15, 0.2) is 17.8 Å². The first kappa shape index (κ1) is 19.6. The van der Waals surface area contributed by atoms with Crippen molar-refractivity contribution < 1.29 is 18.4 Å². The lowest BCUT2D eigenvalue weighted by molar-refractivity contribution is -0.117. The Kier molecular flexibility index (Phi) is 5.37. The predicted octanol–water partition coefficient (Wildman–Crippen LogP) is 3.47. The fourth-order valence-corrected chi connectivity index (χ4v) is 4.83. The number of hydrogen-bond acceptors (Lipinski definition) is 7. The number of carbonyl (C=O) groups is 2. The molecule has 3 aromatic heterocycles. The van der Waals surface area contributed by atoms with Crippen LogP contribution >= 0.6 is 22.7 Å². The highest BCUT2D eigenvalue weighted by Crippen LogP contribution is 2.33. The molecule has 29 heavy (non-hydrogen) atoms. The number of halogens is 2. The zero-order chi connectivity index (χ0) is 20.5. The zero-order valence-corrected chi connectivity index (χ0v) is 16.9. The maximum Gasteiger partial charge on any atom is 0.320 e. The molecule has 0 spiro atoms. The van der Waals surface area contributed by atoms with Gasteiger partial charge in [-0.2, -0.15) is 8.78 Å². The molecular weight excluding hydrogens is 422 g/mol. The van der Waals surface area contributed by atoms with Gasteiger partial charge in [0.25, 0.3) is 0 Å². The van der Waals surface area contributed by atoms with E-state index in [0.29, 0.717) is 39.5 Å². The molecule has 0 saturated carbocycles. The summed E-state index contributed by atoms with van der Waals surface area (Å²) in [6.45, 7) is -0.396. The van der Waals surface area contributed by atoms with E-state index in [1.165, 1.54) is 23.7 Å². The van der Waals surface area contributed by atoms with E-state index >= 15 is 0 Å². The van der Waals surface area contributed by atoms with Crippen LogP contribution < -0.4 is 10.2 Å². The molecule has 1 N–H and O–H groups in total. The summed E-state index contributed by atoms with van der Waals surface area (Å²) in [6.07, 6.45) is 3.85. The molecule has 0 bridgehead atoms. The Bertz CT molecular complexity index is 1060. The number of nitrogens with one attached hydrogen (secondary N) is 1. The molecule has 0 radical (unpaired) electrons. The molecule has 0 aliphatic carbocycles. The topological polar surface area (TPSA) is 93.0 Å². The van der Waals surface area contributed by atoms with Crippen molar-refractivity contribution in [1.82, 2.24) is 19.5 Å². The number of aromatic nitrogens is 4. The Morgan fingerprint density at radius 3 is 2.93 bits per heavy atom. The first-order valence-electron chi connectivity index (χ1n) is 8.76. The number of imidazole rings is 1. The third-order valence-corrected chi connectivity index (χ3v) is 6.29. The van der Waals surface area contributed by atoms with Crippen LogP contribution in [0.1, 0.15) is 30.8 Å². The number of rotatable bonds is 6. The molecule has 3 aromatic rings. The van der Waals surface area contributed by atoms with Crippen molar-refractivity contribution in [1.29, 1.82) is 0 Å².